The molecular formula is C22H15ClO4. The Morgan fingerprint density at radius 2 is 1.74 bits per heavy atom. The number of allylic oxidation sites excluding steroid dienone is 2. The van der Waals surface area contributed by atoms with Crippen molar-refractivity contribution in [3.8, 4) is 5.75 Å². The molecule has 0 saturated heterocycles. The van der Waals surface area contributed by atoms with Crippen LogP contribution in [0.5, 0.6) is 5.75 Å². The number of halogens is 1. The van der Waals surface area contributed by atoms with Crippen molar-refractivity contribution in [3.63, 3.8) is 0 Å². The monoisotopic (exact) mass is 378 g/mol. The molecule has 2 aliphatic rings. The van der Waals surface area contributed by atoms with Crippen LogP contribution < -0.4 is 10.4 Å². The van der Waals surface area contributed by atoms with Crippen molar-refractivity contribution >= 4 is 28.4 Å². The Balaban J connectivity index is 1.85. The summed E-state index contributed by atoms with van der Waals surface area (Å²) in [5.74, 6) is 0.675. The van der Waals surface area contributed by atoms with Gasteiger partial charge in [0.05, 0.1) is 16.9 Å². The van der Waals surface area contributed by atoms with Crippen molar-refractivity contribution in [3.05, 3.63) is 86.4 Å². The number of ether oxygens (including phenoxy) is 1. The molecule has 2 heterocycles. The average Bonchev–Trinajstić information content (AvgIpc) is 2.68. The highest BCUT2D eigenvalue weighted by molar-refractivity contribution is 6.30. The number of fused-ring (bicyclic) bond motifs is 3. The van der Waals surface area contributed by atoms with Crippen LogP contribution in [0.15, 0.2) is 69.1 Å². The van der Waals surface area contributed by atoms with Gasteiger partial charge in [-0.2, -0.15) is 0 Å². The Labute approximate surface area is 160 Å². The first-order chi connectivity index (χ1) is 13.1. The van der Waals surface area contributed by atoms with E-state index in [1.807, 2.05) is 30.3 Å². The fourth-order valence-corrected chi connectivity index (χ4v) is 4.14. The lowest BCUT2D eigenvalue weighted by Crippen LogP contribution is -2.29. The molecule has 1 aliphatic heterocycles. The first-order valence-corrected chi connectivity index (χ1v) is 9.26. The molecule has 0 bridgehead atoms. The van der Waals surface area contributed by atoms with Gasteiger partial charge in [-0.3, -0.25) is 4.79 Å². The summed E-state index contributed by atoms with van der Waals surface area (Å²) in [5, 5.41) is 1.33. The molecule has 0 amide bonds. The molecule has 1 atom stereocenters. The van der Waals surface area contributed by atoms with Crippen LogP contribution in [0.2, 0.25) is 5.02 Å². The Hall–Kier alpha value is -2.85. The number of para-hydroxylation sites is 1. The molecule has 0 fully saturated rings. The topological polar surface area (TPSA) is 56.5 Å². The summed E-state index contributed by atoms with van der Waals surface area (Å²) in [5.41, 5.74) is 1.77. The van der Waals surface area contributed by atoms with Gasteiger partial charge in [-0.15, -0.1) is 0 Å². The predicted molar refractivity (Wildman–Crippen MR) is 102 cm³/mol. The highest BCUT2D eigenvalue weighted by atomic mass is 35.5. The molecule has 3 aromatic rings. The van der Waals surface area contributed by atoms with E-state index in [0.29, 0.717) is 46.1 Å². The molecule has 5 heteroatoms. The van der Waals surface area contributed by atoms with Gasteiger partial charge in [-0.05, 0) is 36.2 Å². The second-order valence-corrected chi connectivity index (χ2v) is 7.27. The third-order valence-electron chi connectivity index (χ3n) is 5.21. The van der Waals surface area contributed by atoms with Gasteiger partial charge in [0.1, 0.15) is 17.1 Å². The van der Waals surface area contributed by atoms with Crippen molar-refractivity contribution in [2.24, 2.45) is 0 Å². The molecule has 1 aliphatic carbocycles. The van der Waals surface area contributed by atoms with E-state index in [0.717, 1.165) is 17.4 Å². The van der Waals surface area contributed by atoms with Gasteiger partial charge in [0.2, 0.25) is 0 Å². The van der Waals surface area contributed by atoms with Crippen LogP contribution in [0.25, 0.3) is 11.0 Å². The van der Waals surface area contributed by atoms with Gasteiger partial charge in [0.25, 0.3) is 0 Å². The molecule has 0 radical (unpaired) electrons. The standard InChI is InChI=1S/C22H15ClO4/c23-13-10-8-12(9-11-13)18-19-15(24)5-3-7-17(19)26-21-14-4-1-2-6-16(14)27-22(25)20(18)21/h1-2,4,6,8-11,18H,3,5,7H2/t18-/m1/s1. The van der Waals surface area contributed by atoms with Crippen molar-refractivity contribution in [1.29, 1.82) is 0 Å². The van der Waals surface area contributed by atoms with Crippen molar-refractivity contribution in [1.82, 2.24) is 0 Å². The lowest BCUT2D eigenvalue weighted by Gasteiger charge is -2.32. The minimum atomic E-state index is -0.505. The quantitative estimate of drug-likeness (QED) is 0.560. The normalized spacial score (nSPS) is 18.9. The maximum atomic E-state index is 12.9. The highest BCUT2D eigenvalue weighted by Crippen LogP contribution is 2.47. The van der Waals surface area contributed by atoms with Gasteiger partial charge >= 0.3 is 5.63 Å². The fourth-order valence-electron chi connectivity index (χ4n) is 4.01. The first-order valence-electron chi connectivity index (χ1n) is 8.89. The highest BCUT2D eigenvalue weighted by Gasteiger charge is 2.39. The molecule has 134 valence electrons. The number of hydrogen-bond donors (Lipinski definition) is 0. The number of carbonyl (C=O) groups is 1. The predicted octanol–water partition coefficient (Wildman–Crippen LogP) is 4.98. The largest absolute Gasteiger partial charge is 0.460 e. The summed E-state index contributed by atoms with van der Waals surface area (Å²) in [6, 6.07) is 14.5. The van der Waals surface area contributed by atoms with E-state index in [2.05, 4.69) is 0 Å². The van der Waals surface area contributed by atoms with Crippen LogP contribution in [-0.2, 0) is 4.79 Å². The number of ketones is 1. The van der Waals surface area contributed by atoms with Crippen LogP contribution in [-0.4, -0.2) is 5.78 Å². The summed E-state index contributed by atoms with van der Waals surface area (Å²) in [7, 11) is 0. The zero-order valence-electron chi connectivity index (χ0n) is 14.3. The summed E-state index contributed by atoms with van der Waals surface area (Å²) in [6.45, 7) is 0. The third-order valence-corrected chi connectivity index (χ3v) is 5.47. The maximum absolute atomic E-state index is 12.9. The summed E-state index contributed by atoms with van der Waals surface area (Å²) in [4.78, 5) is 25.7. The van der Waals surface area contributed by atoms with E-state index in [4.69, 9.17) is 20.8 Å². The molecule has 4 nitrogen and oxygen atoms in total. The Kier molecular flexibility index (Phi) is 3.69. The van der Waals surface area contributed by atoms with E-state index >= 15 is 0 Å². The zero-order valence-corrected chi connectivity index (χ0v) is 15.1. The van der Waals surface area contributed by atoms with Crippen LogP contribution in [0, 0.1) is 0 Å². The van der Waals surface area contributed by atoms with Gasteiger partial charge in [-0.1, -0.05) is 35.9 Å². The van der Waals surface area contributed by atoms with Gasteiger partial charge in [0, 0.05) is 23.4 Å². The molecule has 0 N–H and O–H groups in total. The Morgan fingerprint density at radius 3 is 2.56 bits per heavy atom. The molecule has 0 saturated carbocycles. The minimum absolute atomic E-state index is 0.0226. The number of rotatable bonds is 1. The Bertz CT molecular complexity index is 1170. The van der Waals surface area contributed by atoms with E-state index in [1.165, 1.54) is 0 Å². The van der Waals surface area contributed by atoms with Gasteiger partial charge < -0.3 is 9.15 Å². The van der Waals surface area contributed by atoms with Gasteiger partial charge in [-0.25, -0.2) is 4.79 Å². The summed E-state index contributed by atoms with van der Waals surface area (Å²) >= 11 is 6.04. The summed E-state index contributed by atoms with van der Waals surface area (Å²) < 4.78 is 11.7. The molecule has 1 aromatic heterocycles. The van der Waals surface area contributed by atoms with Crippen LogP contribution in [0.4, 0.5) is 0 Å². The lowest BCUT2D eigenvalue weighted by atomic mass is 9.77. The maximum Gasteiger partial charge on any atom is 0.344 e. The smallest absolute Gasteiger partial charge is 0.344 e. The van der Waals surface area contributed by atoms with Crippen molar-refractivity contribution < 1.29 is 13.9 Å². The number of benzene rings is 2. The van der Waals surface area contributed by atoms with Crippen LogP contribution >= 0.6 is 11.6 Å². The second-order valence-electron chi connectivity index (χ2n) is 6.83. The van der Waals surface area contributed by atoms with Crippen LogP contribution in [0.1, 0.15) is 36.3 Å². The molecule has 27 heavy (non-hydrogen) atoms. The molecule has 0 spiro atoms. The summed E-state index contributed by atoms with van der Waals surface area (Å²) in [6.07, 6.45) is 1.89. The van der Waals surface area contributed by atoms with E-state index < -0.39 is 11.5 Å². The molecule has 2 aromatic carbocycles. The lowest BCUT2D eigenvalue weighted by molar-refractivity contribution is -0.116. The molecule has 0 unspecified atom stereocenters. The van der Waals surface area contributed by atoms with Crippen molar-refractivity contribution in [2.45, 2.75) is 25.2 Å². The fraction of sp³-hybridized carbons (Fsp3) is 0.182. The van der Waals surface area contributed by atoms with E-state index in [9.17, 15) is 9.59 Å². The van der Waals surface area contributed by atoms with E-state index in [-0.39, 0.29) is 5.78 Å². The Morgan fingerprint density at radius 1 is 0.963 bits per heavy atom. The minimum Gasteiger partial charge on any atom is -0.460 e. The van der Waals surface area contributed by atoms with Crippen molar-refractivity contribution in [2.75, 3.05) is 0 Å². The third kappa shape index (κ3) is 2.52. The zero-order chi connectivity index (χ0) is 18.5. The number of Topliss-reactive ketones (excluding diaryl/α,β-unsaturated/α-hetero) is 1. The van der Waals surface area contributed by atoms with Gasteiger partial charge in [0.15, 0.2) is 5.78 Å². The number of hydrogen-bond acceptors (Lipinski definition) is 4. The molecule has 5 rings (SSSR count). The molecular weight excluding hydrogens is 364 g/mol. The van der Waals surface area contributed by atoms with Crippen LogP contribution in [0.3, 0.4) is 0 Å². The SMILES string of the molecule is O=C1CCCC2=C1[C@@H](c1ccc(Cl)cc1)c1c(c3ccccc3oc1=O)O2. The van der Waals surface area contributed by atoms with E-state index in [1.54, 1.807) is 18.2 Å². The number of carbonyl (C=O) groups excluding carboxylic acids is 1. The second kappa shape index (κ2) is 6.10. The average molecular weight is 379 g/mol. The first kappa shape index (κ1) is 16.3.